The summed E-state index contributed by atoms with van der Waals surface area (Å²) in [5.41, 5.74) is 16.9. The SMILES string of the molecule is CC(C)(C)c1nc2ccccc2s1.CC1=C(C(C)(C)C)C(=O)c2ccccc2C1=O.Cc1cc2c(nc1C(C)(C)C)CCCC2.Cc1cc2c(nc1C(C)(C)C)CCCCC2.[B]n1c2ccccc2c2nnc(C(C)(C)C)nc21. The number of Topliss-reactive ketones (excluding diaryl/α,β-unsaturated/α-hetero) is 2. The average Bonchev–Trinajstić information content (AvgIpc) is 3.90. The standard InChI is InChI=1S/C15H23N.C15H16O2.C14H21N.C13H13BN4.C11H13NS/c1-11-10-12-8-6-5-7-9-13(12)16-14(11)15(2,3)4;1-9-12(15(2,3)4)14(17)11-8-6-5-7-10(11)13(9)16;1-10-9-11-7-5-6-8-12(11)15-13(10)14(2,3)4;1-13(2,3)12-15-11-10(16-17-12)8-6-4-5-7-9(8)18(11)14;1-11(2,3)10-12-8-6-4-5-7-9(8)13-10/h10H,5-9H2,1-4H3;5-8H,1-4H3;9H,5-8H2,1-4H3;4-7H,1-3H3;4-7H,1-3H3. The predicted octanol–water partition coefficient (Wildman–Crippen LogP) is 16.8. The van der Waals surface area contributed by atoms with E-state index in [0.717, 1.165) is 21.9 Å². The summed E-state index contributed by atoms with van der Waals surface area (Å²) in [7, 11) is 6.07. The summed E-state index contributed by atoms with van der Waals surface area (Å²) in [6.45, 7) is 38.3. The maximum Gasteiger partial charge on any atom is 0.236 e. The molecule has 414 valence electrons. The number of rotatable bonds is 0. The van der Waals surface area contributed by atoms with Gasteiger partial charge in [-0.3, -0.25) is 19.6 Å². The molecule has 9 nitrogen and oxygen atoms in total. The summed E-state index contributed by atoms with van der Waals surface area (Å²) in [6, 6.07) is 27.9. The first-order valence-corrected chi connectivity index (χ1v) is 29.3. The van der Waals surface area contributed by atoms with E-state index in [1.165, 1.54) is 113 Å². The minimum Gasteiger partial charge on any atom is -0.381 e. The number of para-hydroxylation sites is 2. The third-order valence-corrected chi connectivity index (χ3v) is 16.1. The van der Waals surface area contributed by atoms with E-state index in [2.05, 4.69) is 147 Å². The number of pyridine rings is 2. The molecule has 0 saturated heterocycles. The zero-order chi connectivity index (χ0) is 58.0. The van der Waals surface area contributed by atoms with Crippen molar-refractivity contribution in [2.45, 2.75) is 204 Å². The van der Waals surface area contributed by atoms with Crippen LogP contribution in [-0.2, 0) is 47.3 Å². The van der Waals surface area contributed by atoms with E-state index in [1.807, 2.05) is 51.1 Å². The first-order chi connectivity index (χ1) is 36.9. The van der Waals surface area contributed by atoms with E-state index in [4.69, 9.17) is 17.9 Å². The molecule has 11 heteroatoms. The van der Waals surface area contributed by atoms with Gasteiger partial charge in [0.25, 0.3) is 0 Å². The number of benzene rings is 3. The number of aromatic nitrogens is 7. The molecule has 0 N–H and O–H groups in total. The number of hydrogen-bond donors (Lipinski definition) is 0. The van der Waals surface area contributed by atoms with Crippen LogP contribution in [0.2, 0.25) is 0 Å². The van der Waals surface area contributed by atoms with Crippen LogP contribution in [0.25, 0.3) is 32.3 Å². The fourth-order valence-electron chi connectivity index (χ4n) is 10.8. The first-order valence-electron chi connectivity index (χ1n) is 28.5. The lowest BCUT2D eigenvalue weighted by Crippen LogP contribution is -2.28. The molecule has 0 atom stereocenters. The predicted molar refractivity (Wildman–Crippen MR) is 332 cm³/mol. The molecule has 0 aliphatic heterocycles. The zero-order valence-electron chi connectivity index (χ0n) is 50.9. The van der Waals surface area contributed by atoms with Crippen molar-refractivity contribution in [3.63, 3.8) is 0 Å². The van der Waals surface area contributed by atoms with Crippen molar-refractivity contribution >= 4 is 63.2 Å². The van der Waals surface area contributed by atoms with Crippen molar-refractivity contribution in [1.29, 1.82) is 0 Å². The molecule has 0 fully saturated rings. The van der Waals surface area contributed by atoms with Gasteiger partial charge in [-0.2, -0.15) is 0 Å². The van der Waals surface area contributed by atoms with E-state index in [1.54, 1.807) is 47.0 Å². The minimum absolute atomic E-state index is 0.00907. The van der Waals surface area contributed by atoms with Gasteiger partial charge in [0.15, 0.2) is 23.0 Å². The van der Waals surface area contributed by atoms with Crippen molar-refractivity contribution in [3.05, 3.63) is 163 Å². The Labute approximate surface area is 477 Å². The Morgan fingerprint density at radius 3 is 1.53 bits per heavy atom. The van der Waals surface area contributed by atoms with Crippen LogP contribution in [0.3, 0.4) is 0 Å². The molecule has 8 aromatic rings. The van der Waals surface area contributed by atoms with Crippen LogP contribution < -0.4 is 0 Å². The van der Waals surface area contributed by atoms with Crippen molar-refractivity contribution in [2.75, 3.05) is 0 Å². The van der Waals surface area contributed by atoms with Crippen LogP contribution in [0.5, 0.6) is 0 Å². The lowest BCUT2D eigenvalue weighted by Gasteiger charge is -2.28. The van der Waals surface area contributed by atoms with Crippen LogP contribution in [0, 0.1) is 19.3 Å². The maximum atomic E-state index is 12.4. The number of fused-ring (bicyclic) bond motifs is 7. The number of aryl methyl sites for hydroxylation is 6. The molecule has 79 heavy (non-hydrogen) atoms. The summed E-state index contributed by atoms with van der Waals surface area (Å²) in [6.07, 6.45) is 11.5. The highest BCUT2D eigenvalue weighted by Gasteiger charge is 2.35. The molecule has 0 amide bonds. The molecule has 5 aromatic heterocycles. The fourth-order valence-corrected chi connectivity index (χ4v) is 11.8. The van der Waals surface area contributed by atoms with Gasteiger partial charge in [0.05, 0.1) is 15.2 Å². The molecule has 2 radical (unpaired) electrons. The Morgan fingerprint density at radius 1 is 0.506 bits per heavy atom. The number of allylic oxidation sites excluding steroid dienone is 2. The van der Waals surface area contributed by atoms with Crippen LogP contribution in [0.4, 0.5) is 0 Å². The lowest BCUT2D eigenvalue weighted by molar-refractivity contribution is 0.0957. The van der Waals surface area contributed by atoms with Crippen molar-refractivity contribution < 1.29 is 9.59 Å². The quantitative estimate of drug-likeness (QED) is 0.109. The number of carbonyl (C=O) groups is 2. The molecule has 11 rings (SSSR count). The van der Waals surface area contributed by atoms with Gasteiger partial charge in [-0.05, 0) is 118 Å². The van der Waals surface area contributed by atoms with Crippen LogP contribution in [0.15, 0.2) is 96.1 Å². The highest BCUT2D eigenvalue weighted by atomic mass is 32.1. The Morgan fingerprint density at radius 2 is 1.00 bits per heavy atom. The molecular formula is C68H86BN7O2S. The van der Waals surface area contributed by atoms with Gasteiger partial charge in [0, 0.05) is 77.6 Å². The van der Waals surface area contributed by atoms with Gasteiger partial charge in [-0.1, -0.05) is 177 Å². The summed E-state index contributed by atoms with van der Waals surface area (Å²) >= 11 is 1.79. The van der Waals surface area contributed by atoms with Crippen LogP contribution >= 0.6 is 11.3 Å². The lowest BCUT2D eigenvalue weighted by atomic mass is 9.73. The maximum absolute atomic E-state index is 12.4. The molecule has 3 aliphatic rings. The summed E-state index contributed by atoms with van der Waals surface area (Å²) in [5, 5.41) is 10.7. The Balaban J connectivity index is 0.000000143. The molecule has 0 spiro atoms. The smallest absolute Gasteiger partial charge is 0.236 e. The molecule has 5 heterocycles. The average molecular weight is 1080 g/mol. The molecule has 0 bridgehead atoms. The normalized spacial score (nSPS) is 14.8. The monoisotopic (exact) mass is 1080 g/mol. The highest BCUT2D eigenvalue weighted by molar-refractivity contribution is 7.18. The largest absolute Gasteiger partial charge is 0.381 e. The van der Waals surface area contributed by atoms with Crippen LogP contribution in [-0.4, -0.2) is 54.2 Å². The summed E-state index contributed by atoms with van der Waals surface area (Å²) in [5.74, 6) is 0.667. The van der Waals surface area contributed by atoms with E-state index < -0.39 is 0 Å². The number of hydrogen-bond acceptors (Lipinski definition) is 9. The highest BCUT2D eigenvalue weighted by Crippen LogP contribution is 2.37. The summed E-state index contributed by atoms with van der Waals surface area (Å²) in [4.78, 5) is 43.6. The van der Waals surface area contributed by atoms with E-state index in [0.29, 0.717) is 33.7 Å². The molecule has 0 unspecified atom stereocenters. The molecule has 3 aliphatic carbocycles. The topological polar surface area (TPSA) is 116 Å². The van der Waals surface area contributed by atoms with Crippen molar-refractivity contribution in [3.8, 4) is 0 Å². The summed E-state index contributed by atoms with van der Waals surface area (Å²) < 4.78 is 2.86. The first kappa shape index (κ1) is 60.4. The minimum atomic E-state index is -0.301. The molecule has 3 aromatic carbocycles. The number of ketones is 2. The number of thiazole rings is 1. The van der Waals surface area contributed by atoms with Crippen molar-refractivity contribution in [1.82, 2.24) is 34.6 Å². The van der Waals surface area contributed by atoms with Gasteiger partial charge in [0.1, 0.15) is 5.52 Å². The number of nitrogens with zero attached hydrogens (tertiary/aromatic N) is 7. The van der Waals surface area contributed by atoms with Gasteiger partial charge >= 0.3 is 0 Å². The second kappa shape index (κ2) is 23.9. The molecular weight excluding hydrogens is 990 g/mol. The van der Waals surface area contributed by atoms with E-state index >= 15 is 0 Å². The number of carbonyl (C=O) groups excluding carboxylic acids is 2. The molecule has 0 saturated carbocycles. The van der Waals surface area contributed by atoms with Gasteiger partial charge in [0.2, 0.25) is 7.98 Å². The van der Waals surface area contributed by atoms with Crippen molar-refractivity contribution in [2.24, 2.45) is 5.41 Å². The third-order valence-electron chi connectivity index (χ3n) is 14.7. The van der Waals surface area contributed by atoms with E-state index in [9.17, 15) is 9.59 Å². The van der Waals surface area contributed by atoms with Gasteiger partial charge in [-0.15, -0.1) is 21.5 Å². The second-order valence-electron chi connectivity index (χ2n) is 26.9. The second-order valence-corrected chi connectivity index (χ2v) is 28.0. The van der Waals surface area contributed by atoms with Gasteiger partial charge in [-0.25, -0.2) is 9.97 Å². The zero-order valence-corrected chi connectivity index (χ0v) is 51.7. The Kier molecular flexibility index (Phi) is 18.3. The Hall–Kier alpha value is -6.20. The fraction of sp³-hybridized carbons (Fsp3) is 0.471. The Bertz CT molecular complexity index is 3510. The third kappa shape index (κ3) is 14.2. The van der Waals surface area contributed by atoms with Crippen LogP contribution in [0.1, 0.15) is 219 Å². The van der Waals surface area contributed by atoms with Gasteiger partial charge < -0.3 is 4.48 Å². The van der Waals surface area contributed by atoms with E-state index in [-0.39, 0.29) is 38.6 Å².